The van der Waals surface area contributed by atoms with Gasteiger partial charge in [0.1, 0.15) is 7.11 Å². The molecule has 0 N–H and O–H groups in total. The van der Waals surface area contributed by atoms with Crippen molar-refractivity contribution in [3.05, 3.63) is 35.4 Å². The fourth-order valence-corrected chi connectivity index (χ4v) is 0.803. The van der Waals surface area contributed by atoms with Crippen molar-refractivity contribution in [2.75, 3.05) is 7.11 Å². The summed E-state index contributed by atoms with van der Waals surface area (Å²) in [6.07, 6.45) is 1.67. The van der Waals surface area contributed by atoms with Gasteiger partial charge in [-0.05, 0) is 30.2 Å². The van der Waals surface area contributed by atoms with E-state index in [1.807, 2.05) is 25.1 Å². The Morgan fingerprint density at radius 3 is 3.09 bits per heavy atom. The average Bonchev–Trinajstić information content (AvgIpc) is 2.01. The number of hydrogen-bond acceptors (Lipinski definition) is 2. The van der Waals surface area contributed by atoms with Crippen LogP contribution in [0, 0.1) is 13.0 Å². The Kier molecular flexibility index (Phi) is 2.66. The van der Waals surface area contributed by atoms with Crippen LogP contribution in [0.5, 0.6) is 0 Å². The molecule has 0 unspecified atom stereocenters. The maximum Gasteiger partial charge on any atom is 0.106 e. The Hall–Kier alpha value is -1.31. The summed E-state index contributed by atoms with van der Waals surface area (Å²) in [5, 5.41) is 3.64. The molecule has 1 rings (SSSR count). The van der Waals surface area contributed by atoms with Crippen molar-refractivity contribution in [2.24, 2.45) is 5.16 Å². The highest BCUT2D eigenvalue weighted by Crippen LogP contribution is 1.99. The number of aryl methyl sites for hydroxylation is 1. The average molecular weight is 148 g/mol. The first-order chi connectivity index (χ1) is 5.33. The van der Waals surface area contributed by atoms with Crippen molar-refractivity contribution >= 4 is 6.21 Å². The quantitative estimate of drug-likeness (QED) is 0.462. The van der Waals surface area contributed by atoms with Gasteiger partial charge < -0.3 is 4.84 Å². The van der Waals surface area contributed by atoms with Gasteiger partial charge in [-0.1, -0.05) is 17.3 Å². The van der Waals surface area contributed by atoms with Gasteiger partial charge in [-0.2, -0.15) is 0 Å². The molecule has 0 saturated heterocycles. The normalized spacial score (nSPS) is 10.4. The van der Waals surface area contributed by atoms with Gasteiger partial charge >= 0.3 is 0 Å². The second-order valence-electron chi connectivity index (χ2n) is 2.22. The molecule has 11 heavy (non-hydrogen) atoms. The summed E-state index contributed by atoms with van der Waals surface area (Å²) < 4.78 is 0. The Balaban J connectivity index is 2.79. The van der Waals surface area contributed by atoms with Crippen LogP contribution < -0.4 is 0 Å². The zero-order chi connectivity index (χ0) is 8.10. The Bertz CT molecular complexity index is 255. The highest BCUT2D eigenvalue weighted by molar-refractivity contribution is 5.79. The predicted molar refractivity (Wildman–Crippen MR) is 44.6 cm³/mol. The summed E-state index contributed by atoms with van der Waals surface area (Å²) in [5.41, 5.74) is 2.13. The lowest BCUT2D eigenvalue weighted by molar-refractivity contribution is 0.215. The van der Waals surface area contributed by atoms with Crippen molar-refractivity contribution < 1.29 is 4.84 Å². The van der Waals surface area contributed by atoms with Crippen LogP contribution in [-0.2, 0) is 4.84 Å². The van der Waals surface area contributed by atoms with E-state index in [0.29, 0.717) is 0 Å². The number of rotatable bonds is 2. The molecule has 0 aromatic heterocycles. The van der Waals surface area contributed by atoms with Crippen LogP contribution in [0.25, 0.3) is 0 Å². The predicted octanol–water partition coefficient (Wildman–Crippen LogP) is 1.78. The van der Waals surface area contributed by atoms with Crippen LogP contribution in [-0.4, -0.2) is 13.3 Å². The number of nitrogens with zero attached hydrogens (tertiary/aromatic N) is 1. The monoisotopic (exact) mass is 148 g/mol. The minimum absolute atomic E-state index is 1.03. The second kappa shape index (κ2) is 3.76. The molecular weight excluding hydrogens is 138 g/mol. The van der Waals surface area contributed by atoms with E-state index in [4.69, 9.17) is 0 Å². The lowest BCUT2D eigenvalue weighted by Crippen LogP contribution is -1.82. The van der Waals surface area contributed by atoms with Gasteiger partial charge in [0.05, 0.1) is 6.21 Å². The van der Waals surface area contributed by atoms with Crippen molar-refractivity contribution in [1.82, 2.24) is 0 Å². The smallest absolute Gasteiger partial charge is 0.106 e. The van der Waals surface area contributed by atoms with Crippen LogP contribution in [0.2, 0.25) is 0 Å². The molecule has 1 aromatic rings. The standard InChI is InChI=1S/C9H10NO/c1-8-4-3-5-9(6-8)7-10-11-2/h3,5-7H,1-2H3/b10-7+. The van der Waals surface area contributed by atoms with Gasteiger partial charge in [0.15, 0.2) is 0 Å². The molecule has 1 aromatic carbocycles. The highest BCUT2D eigenvalue weighted by Gasteiger charge is 1.87. The lowest BCUT2D eigenvalue weighted by atomic mass is 10.2. The molecule has 0 saturated carbocycles. The summed E-state index contributed by atoms with van der Waals surface area (Å²) in [4.78, 5) is 4.54. The van der Waals surface area contributed by atoms with E-state index >= 15 is 0 Å². The fraction of sp³-hybridized carbons (Fsp3) is 0.222. The molecule has 0 aliphatic heterocycles. The number of benzene rings is 1. The Morgan fingerprint density at radius 2 is 2.45 bits per heavy atom. The molecular formula is C9H10NO. The molecule has 2 heteroatoms. The van der Waals surface area contributed by atoms with E-state index in [9.17, 15) is 0 Å². The number of oxime groups is 1. The van der Waals surface area contributed by atoms with Crippen molar-refractivity contribution in [3.8, 4) is 0 Å². The maximum absolute atomic E-state index is 4.54. The van der Waals surface area contributed by atoms with Gasteiger partial charge in [0, 0.05) is 0 Å². The van der Waals surface area contributed by atoms with Crippen molar-refractivity contribution in [2.45, 2.75) is 6.92 Å². The zero-order valence-corrected chi connectivity index (χ0v) is 6.66. The Morgan fingerprint density at radius 1 is 1.64 bits per heavy atom. The van der Waals surface area contributed by atoms with Crippen LogP contribution in [0.3, 0.4) is 0 Å². The molecule has 0 aliphatic rings. The molecule has 0 aliphatic carbocycles. The summed E-state index contributed by atoms with van der Waals surface area (Å²) in [6, 6.07) is 8.83. The summed E-state index contributed by atoms with van der Waals surface area (Å²) in [7, 11) is 1.53. The highest BCUT2D eigenvalue weighted by atomic mass is 16.6. The SMILES string of the molecule is CO/N=C/c1cc[c]c(C)c1. The first-order valence-corrected chi connectivity index (χ1v) is 3.38. The van der Waals surface area contributed by atoms with Gasteiger partial charge in [-0.15, -0.1) is 0 Å². The minimum atomic E-state index is 1.03. The van der Waals surface area contributed by atoms with E-state index < -0.39 is 0 Å². The second-order valence-corrected chi connectivity index (χ2v) is 2.22. The van der Waals surface area contributed by atoms with Crippen molar-refractivity contribution in [3.63, 3.8) is 0 Å². The van der Waals surface area contributed by atoms with Gasteiger partial charge in [-0.3, -0.25) is 0 Å². The van der Waals surface area contributed by atoms with Crippen LogP contribution >= 0.6 is 0 Å². The molecule has 0 fully saturated rings. The van der Waals surface area contributed by atoms with E-state index in [0.717, 1.165) is 11.1 Å². The zero-order valence-electron chi connectivity index (χ0n) is 6.66. The largest absolute Gasteiger partial charge is 0.399 e. The summed E-state index contributed by atoms with van der Waals surface area (Å²) >= 11 is 0. The summed E-state index contributed by atoms with van der Waals surface area (Å²) in [5.74, 6) is 0. The molecule has 0 spiro atoms. The van der Waals surface area contributed by atoms with E-state index in [1.165, 1.54) is 7.11 Å². The minimum Gasteiger partial charge on any atom is -0.399 e. The first kappa shape index (κ1) is 7.79. The van der Waals surface area contributed by atoms with Crippen molar-refractivity contribution in [1.29, 1.82) is 0 Å². The third-order valence-electron chi connectivity index (χ3n) is 1.28. The van der Waals surface area contributed by atoms with E-state index in [1.54, 1.807) is 6.21 Å². The third-order valence-corrected chi connectivity index (χ3v) is 1.28. The molecule has 1 radical (unpaired) electrons. The fourth-order valence-electron chi connectivity index (χ4n) is 0.803. The van der Waals surface area contributed by atoms with E-state index in [-0.39, 0.29) is 0 Å². The molecule has 0 atom stereocenters. The van der Waals surface area contributed by atoms with Gasteiger partial charge in [-0.25, -0.2) is 0 Å². The van der Waals surface area contributed by atoms with Crippen LogP contribution in [0.4, 0.5) is 0 Å². The third kappa shape index (κ3) is 2.42. The molecule has 2 nitrogen and oxygen atoms in total. The summed E-state index contributed by atoms with van der Waals surface area (Å²) in [6.45, 7) is 1.99. The molecule has 0 amide bonds. The molecule has 0 heterocycles. The number of hydrogen-bond donors (Lipinski definition) is 0. The molecule has 0 bridgehead atoms. The topological polar surface area (TPSA) is 21.6 Å². The molecule has 57 valence electrons. The van der Waals surface area contributed by atoms with Gasteiger partial charge in [0.2, 0.25) is 0 Å². The van der Waals surface area contributed by atoms with Crippen LogP contribution in [0.15, 0.2) is 23.4 Å². The first-order valence-electron chi connectivity index (χ1n) is 3.38. The lowest BCUT2D eigenvalue weighted by Gasteiger charge is -1.92. The Labute approximate surface area is 66.5 Å². The van der Waals surface area contributed by atoms with Crippen LogP contribution in [0.1, 0.15) is 11.1 Å². The van der Waals surface area contributed by atoms with Gasteiger partial charge in [0.25, 0.3) is 0 Å². The van der Waals surface area contributed by atoms with E-state index in [2.05, 4.69) is 16.1 Å². The maximum atomic E-state index is 4.54.